The minimum Gasteiger partial charge on any atom is -0.497 e. The Balaban J connectivity index is 1.93. The van der Waals surface area contributed by atoms with Crippen molar-refractivity contribution in [1.82, 2.24) is 14.6 Å². The van der Waals surface area contributed by atoms with E-state index in [2.05, 4.69) is 18.9 Å². The Morgan fingerprint density at radius 2 is 1.89 bits per heavy atom. The zero-order chi connectivity index (χ0) is 19.2. The Morgan fingerprint density at radius 3 is 2.56 bits per heavy atom. The lowest BCUT2D eigenvalue weighted by Crippen LogP contribution is -2.28. The lowest BCUT2D eigenvalue weighted by atomic mass is 9.76. The van der Waals surface area contributed by atoms with Gasteiger partial charge in [-0.15, -0.1) is 0 Å². The summed E-state index contributed by atoms with van der Waals surface area (Å²) in [5, 5.41) is 4.65. The summed E-state index contributed by atoms with van der Waals surface area (Å²) < 4.78 is 12.3. The Labute approximate surface area is 158 Å². The molecule has 0 unspecified atom stereocenters. The molecule has 2 heterocycles. The van der Waals surface area contributed by atoms with Crippen LogP contribution in [0.5, 0.6) is 5.75 Å². The van der Waals surface area contributed by atoms with Gasteiger partial charge in [-0.2, -0.15) is 5.10 Å². The smallest absolute Gasteiger partial charge is 0.166 e. The molecular formula is C21H23N3O3. The molecule has 0 bridgehead atoms. The minimum atomic E-state index is -0.0783. The molecule has 0 saturated carbocycles. The van der Waals surface area contributed by atoms with Crippen LogP contribution >= 0.6 is 0 Å². The van der Waals surface area contributed by atoms with Gasteiger partial charge in [0.05, 0.1) is 36.2 Å². The maximum absolute atomic E-state index is 12.6. The van der Waals surface area contributed by atoms with E-state index in [0.717, 1.165) is 40.3 Å². The van der Waals surface area contributed by atoms with Crippen molar-refractivity contribution in [3.05, 3.63) is 47.4 Å². The normalized spacial score (nSPS) is 15.8. The third-order valence-electron chi connectivity index (χ3n) is 5.01. The maximum Gasteiger partial charge on any atom is 0.166 e. The third kappa shape index (κ3) is 3.10. The molecule has 140 valence electrons. The molecule has 0 fully saturated rings. The summed E-state index contributed by atoms with van der Waals surface area (Å²) >= 11 is 0. The monoisotopic (exact) mass is 365 g/mol. The van der Waals surface area contributed by atoms with E-state index < -0.39 is 0 Å². The van der Waals surface area contributed by atoms with Gasteiger partial charge in [0.2, 0.25) is 0 Å². The predicted octanol–water partition coefficient (Wildman–Crippen LogP) is 3.71. The van der Waals surface area contributed by atoms with Crippen molar-refractivity contribution in [2.45, 2.75) is 33.3 Å². The van der Waals surface area contributed by atoms with E-state index in [1.165, 1.54) is 0 Å². The second kappa shape index (κ2) is 6.46. The molecule has 1 aromatic carbocycles. The van der Waals surface area contributed by atoms with Gasteiger partial charge in [0, 0.05) is 19.7 Å². The second-order valence-corrected chi connectivity index (χ2v) is 7.79. The Bertz CT molecular complexity index is 1020. The molecule has 27 heavy (non-hydrogen) atoms. The van der Waals surface area contributed by atoms with Crippen LogP contribution in [0.15, 0.2) is 30.5 Å². The maximum atomic E-state index is 12.6. The Morgan fingerprint density at radius 1 is 1.15 bits per heavy atom. The van der Waals surface area contributed by atoms with Gasteiger partial charge in [-0.1, -0.05) is 26.0 Å². The molecule has 0 N–H and O–H groups in total. The number of fused-ring (bicyclic) bond motifs is 2. The third-order valence-corrected chi connectivity index (χ3v) is 5.01. The molecular weight excluding hydrogens is 342 g/mol. The van der Waals surface area contributed by atoms with Crippen LogP contribution in [-0.2, 0) is 17.8 Å². The molecule has 0 saturated heterocycles. The van der Waals surface area contributed by atoms with Crippen LogP contribution in [0.2, 0.25) is 0 Å². The standard InChI is InChI=1S/C21H23N3O3/c1-21(2)9-16-15(18(25)10-21)11-24-20(22-16)19(17(23-24)12-26-3)13-5-7-14(27-4)8-6-13/h5-8,11H,9-10,12H2,1-4H3. The molecule has 0 spiro atoms. The second-order valence-electron chi connectivity index (χ2n) is 7.79. The van der Waals surface area contributed by atoms with E-state index in [-0.39, 0.29) is 11.2 Å². The van der Waals surface area contributed by atoms with Gasteiger partial charge in [-0.05, 0) is 29.5 Å². The van der Waals surface area contributed by atoms with Crippen LogP contribution in [-0.4, -0.2) is 34.6 Å². The molecule has 0 aliphatic heterocycles. The van der Waals surface area contributed by atoms with Crippen LogP contribution in [0, 0.1) is 5.41 Å². The van der Waals surface area contributed by atoms with Crippen molar-refractivity contribution < 1.29 is 14.3 Å². The van der Waals surface area contributed by atoms with Crippen LogP contribution in [0.1, 0.15) is 42.0 Å². The molecule has 3 aromatic rings. The van der Waals surface area contributed by atoms with E-state index in [0.29, 0.717) is 18.6 Å². The number of ketones is 1. The number of benzene rings is 1. The first-order chi connectivity index (χ1) is 12.9. The fourth-order valence-corrected chi connectivity index (χ4v) is 3.76. The summed E-state index contributed by atoms with van der Waals surface area (Å²) in [4.78, 5) is 17.5. The fourth-order valence-electron chi connectivity index (χ4n) is 3.76. The lowest BCUT2D eigenvalue weighted by Gasteiger charge is -2.29. The number of methoxy groups -OCH3 is 2. The van der Waals surface area contributed by atoms with Crippen LogP contribution < -0.4 is 4.74 Å². The summed E-state index contributed by atoms with van der Waals surface area (Å²) in [6, 6.07) is 7.82. The molecule has 0 amide bonds. The van der Waals surface area contributed by atoms with E-state index in [1.54, 1.807) is 18.7 Å². The number of aromatic nitrogens is 3. The van der Waals surface area contributed by atoms with E-state index in [9.17, 15) is 4.79 Å². The number of hydrogen-bond donors (Lipinski definition) is 0. The lowest BCUT2D eigenvalue weighted by molar-refractivity contribution is 0.0909. The summed E-state index contributed by atoms with van der Waals surface area (Å²) in [7, 11) is 3.29. The molecule has 4 rings (SSSR count). The summed E-state index contributed by atoms with van der Waals surface area (Å²) in [5.74, 6) is 0.923. The molecule has 6 heteroatoms. The summed E-state index contributed by atoms with van der Waals surface area (Å²) in [6.45, 7) is 4.59. The van der Waals surface area contributed by atoms with Crippen molar-refractivity contribution >= 4 is 11.4 Å². The predicted molar refractivity (Wildman–Crippen MR) is 102 cm³/mol. The van der Waals surface area contributed by atoms with Crippen molar-refractivity contribution in [2.75, 3.05) is 14.2 Å². The van der Waals surface area contributed by atoms with Gasteiger partial charge in [-0.3, -0.25) is 4.79 Å². The minimum absolute atomic E-state index is 0.0783. The van der Waals surface area contributed by atoms with E-state index >= 15 is 0 Å². The van der Waals surface area contributed by atoms with Gasteiger partial charge in [0.25, 0.3) is 0 Å². The number of rotatable bonds is 4. The first-order valence-electron chi connectivity index (χ1n) is 8.99. The zero-order valence-electron chi connectivity index (χ0n) is 16.1. The van der Waals surface area contributed by atoms with Crippen LogP contribution in [0.3, 0.4) is 0 Å². The van der Waals surface area contributed by atoms with Gasteiger partial charge in [-0.25, -0.2) is 9.50 Å². The highest BCUT2D eigenvalue weighted by molar-refractivity contribution is 5.99. The van der Waals surface area contributed by atoms with Crippen LogP contribution in [0.25, 0.3) is 16.8 Å². The van der Waals surface area contributed by atoms with E-state index in [4.69, 9.17) is 14.5 Å². The van der Waals surface area contributed by atoms with E-state index in [1.807, 2.05) is 30.5 Å². The van der Waals surface area contributed by atoms with Gasteiger partial charge in [0.1, 0.15) is 5.75 Å². The van der Waals surface area contributed by atoms with Crippen molar-refractivity contribution in [3.63, 3.8) is 0 Å². The molecule has 0 atom stereocenters. The average Bonchev–Trinajstić information content (AvgIpc) is 2.97. The highest BCUT2D eigenvalue weighted by Crippen LogP contribution is 2.36. The zero-order valence-corrected chi connectivity index (χ0v) is 16.1. The fraction of sp³-hybridized carbons (Fsp3) is 0.381. The summed E-state index contributed by atoms with van der Waals surface area (Å²) in [5.41, 5.74) is 4.91. The number of Topliss-reactive ketones (excluding diaryl/α,β-unsaturated/α-hetero) is 1. The van der Waals surface area contributed by atoms with Gasteiger partial charge in [0.15, 0.2) is 11.4 Å². The molecule has 1 aliphatic rings. The van der Waals surface area contributed by atoms with Gasteiger partial charge < -0.3 is 9.47 Å². The van der Waals surface area contributed by atoms with Crippen LogP contribution in [0.4, 0.5) is 0 Å². The number of hydrogen-bond acceptors (Lipinski definition) is 5. The quantitative estimate of drug-likeness (QED) is 0.705. The number of carbonyl (C=O) groups is 1. The SMILES string of the molecule is COCc1nn2cc3c(nc2c1-c1ccc(OC)cc1)CC(C)(C)CC3=O. The Hall–Kier alpha value is -2.73. The first-order valence-corrected chi connectivity index (χ1v) is 8.99. The average molecular weight is 365 g/mol. The number of nitrogens with zero attached hydrogens (tertiary/aromatic N) is 3. The Kier molecular flexibility index (Phi) is 4.23. The molecule has 0 radical (unpaired) electrons. The number of ether oxygens (including phenoxy) is 2. The largest absolute Gasteiger partial charge is 0.497 e. The van der Waals surface area contributed by atoms with Crippen molar-refractivity contribution in [1.29, 1.82) is 0 Å². The highest BCUT2D eigenvalue weighted by Gasteiger charge is 2.33. The summed E-state index contributed by atoms with van der Waals surface area (Å²) in [6.07, 6.45) is 3.13. The topological polar surface area (TPSA) is 65.7 Å². The molecule has 2 aromatic heterocycles. The molecule has 1 aliphatic carbocycles. The van der Waals surface area contributed by atoms with Gasteiger partial charge >= 0.3 is 0 Å². The number of carbonyl (C=O) groups excluding carboxylic acids is 1. The van der Waals surface area contributed by atoms with Crippen molar-refractivity contribution in [2.24, 2.45) is 5.41 Å². The first kappa shape index (κ1) is 17.7. The van der Waals surface area contributed by atoms with Crippen molar-refractivity contribution in [3.8, 4) is 16.9 Å². The molecule has 6 nitrogen and oxygen atoms in total. The highest BCUT2D eigenvalue weighted by atomic mass is 16.5.